The first kappa shape index (κ1) is 18.3. The molecule has 0 bridgehead atoms. The van der Waals surface area contributed by atoms with Crippen molar-refractivity contribution in [2.45, 2.75) is 19.4 Å². The maximum atomic E-state index is 12.1. The van der Waals surface area contributed by atoms with E-state index in [1.54, 1.807) is 0 Å². The molecule has 138 valence electrons. The highest BCUT2D eigenvalue weighted by atomic mass is 16.5. The normalized spacial score (nSPS) is 16.7. The average Bonchev–Trinajstić information content (AvgIpc) is 2.71. The third kappa shape index (κ3) is 5.77. The smallest absolute Gasteiger partial charge is 0.257 e. The largest absolute Gasteiger partial charge is 0.485 e. The van der Waals surface area contributed by atoms with E-state index in [2.05, 4.69) is 10.6 Å². The molecule has 2 aromatic rings. The molecule has 0 radical (unpaired) electrons. The molecule has 1 amide bonds. The number of hydrogen-bond donors (Lipinski definition) is 2. The van der Waals surface area contributed by atoms with Gasteiger partial charge in [0, 0.05) is 6.54 Å². The van der Waals surface area contributed by atoms with Gasteiger partial charge in [0.05, 0.1) is 0 Å². The van der Waals surface area contributed by atoms with Gasteiger partial charge in [-0.05, 0) is 49.5 Å². The molecule has 0 aliphatic carbocycles. The van der Waals surface area contributed by atoms with Crippen LogP contribution in [0, 0.1) is 5.92 Å². The lowest BCUT2D eigenvalue weighted by molar-refractivity contribution is -0.123. The van der Waals surface area contributed by atoms with Gasteiger partial charge < -0.3 is 20.1 Å². The molecule has 0 saturated carbocycles. The van der Waals surface area contributed by atoms with Gasteiger partial charge in [-0.25, -0.2) is 0 Å². The van der Waals surface area contributed by atoms with Gasteiger partial charge in [-0.3, -0.25) is 4.79 Å². The van der Waals surface area contributed by atoms with Crippen LogP contribution >= 0.6 is 0 Å². The van der Waals surface area contributed by atoms with Gasteiger partial charge in [-0.2, -0.15) is 0 Å². The van der Waals surface area contributed by atoms with Crippen molar-refractivity contribution in [2.24, 2.45) is 5.92 Å². The van der Waals surface area contributed by atoms with Crippen molar-refractivity contribution in [2.75, 3.05) is 26.2 Å². The molecule has 2 N–H and O–H groups in total. The fourth-order valence-corrected chi connectivity index (χ4v) is 2.97. The van der Waals surface area contributed by atoms with E-state index in [9.17, 15) is 4.79 Å². The predicted octanol–water partition coefficient (Wildman–Crippen LogP) is 2.76. The highest BCUT2D eigenvalue weighted by molar-refractivity contribution is 5.77. The van der Waals surface area contributed by atoms with Crippen molar-refractivity contribution in [3.05, 3.63) is 60.2 Å². The second-order valence-electron chi connectivity index (χ2n) is 6.53. The average molecular weight is 354 g/mol. The Morgan fingerprint density at radius 1 is 1.04 bits per heavy atom. The number of nitrogens with one attached hydrogen (secondary N) is 2. The minimum absolute atomic E-state index is 0.00808. The van der Waals surface area contributed by atoms with Crippen molar-refractivity contribution in [3.63, 3.8) is 0 Å². The first-order chi connectivity index (χ1) is 12.8. The Hall–Kier alpha value is -2.53. The maximum absolute atomic E-state index is 12.1. The summed E-state index contributed by atoms with van der Waals surface area (Å²) in [6, 6.07) is 17.4. The zero-order chi connectivity index (χ0) is 18.0. The van der Waals surface area contributed by atoms with Gasteiger partial charge in [0.2, 0.25) is 0 Å². The molecule has 0 aromatic heterocycles. The minimum Gasteiger partial charge on any atom is -0.485 e. The Labute approximate surface area is 154 Å². The lowest BCUT2D eigenvalue weighted by atomic mass is 10.00. The molecule has 3 rings (SSSR count). The molecule has 1 fully saturated rings. The number of carbonyl (C=O) groups is 1. The van der Waals surface area contributed by atoms with Crippen LogP contribution in [0.4, 0.5) is 0 Å². The molecule has 1 aliphatic rings. The minimum atomic E-state index is -0.103. The van der Waals surface area contributed by atoms with Crippen LogP contribution in [-0.4, -0.2) is 32.1 Å². The summed E-state index contributed by atoms with van der Waals surface area (Å²) >= 11 is 0. The molecule has 1 unspecified atom stereocenters. The van der Waals surface area contributed by atoms with E-state index in [4.69, 9.17) is 9.47 Å². The molecular formula is C21H26N2O3. The van der Waals surface area contributed by atoms with Crippen molar-refractivity contribution in [1.29, 1.82) is 0 Å². The zero-order valence-electron chi connectivity index (χ0n) is 14.9. The molecular weight excluding hydrogens is 328 g/mol. The van der Waals surface area contributed by atoms with E-state index < -0.39 is 0 Å². The summed E-state index contributed by atoms with van der Waals surface area (Å²) in [5.41, 5.74) is 1.08. The van der Waals surface area contributed by atoms with Crippen molar-refractivity contribution >= 4 is 5.91 Å². The van der Waals surface area contributed by atoms with Gasteiger partial charge in [0.15, 0.2) is 18.1 Å². The van der Waals surface area contributed by atoms with Gasteiger partial charge in [0.1, 0.15) is 6.61 Å². The monoisotopic (exact) mass is 354 g/mol. The second-order valence-corrected chi connectivity index (χ2v) is 6.53. The summed E-state index contributed by atoms with van der Waals surface area (Å²) < 4.78 is 11.5. The van der Waals surface area contributed by atoms with Crippen LogP contribution < -0.4 is 20.1 Å². The highest BCUT2D eigenvalue weighted by Gasteiger charge is 2.14. The second kappa shape index (κ2) is 9.82. The highest BCUT2D eigenvalue weighted by Crippen LogP contribution is 2.27. The van der Waals surface area contributed by atoms with E-state index in [1.165, 1.54) is 6.42 Å². The Kier molecular flexibility index (Phi) is 6.90. The van der Waals surface area contributed by atoms with Crippen molar-refractivity contribution < 1.29 is 14.3 Å². The zero-order valence-corrected chi connectivity index (χ0v) is 14.9. The summed E-state index contributed by atoms with van der Waals surface area (Å²) in [7, 11) is 0. The van der Waals surface area contributed by atoms with Crippen molar-refractivity contribution in [1.82, 2.24) is 10.6 Å². The third-order valence-electron chi connectivity index (χ3n) is 4.43. The van der Waals surface area contributed by atoms with Gasteiger partial charge in [-0.1, -0.05) is 42.5 Å². The lowest BCUT2D eigenvalue weighted by Crippen LogP contribution is -2.39. The van der Waals surface area contributed by atoms with Crippen LogP contribution in [0.5, 0.6) is 11.5 Å². The van der Waals surface area contributed by atoms with E-state index >= 15 is 0 Å². The topological polar surface area (TPSA) is 59.6 Å². The number of benzene rings is 2. The van der Waals surface area contributed by atoms with Gasteiger partial charge >= 0.3 is 0 Å². The first-order valence-electron chi connectivity index (χ1n) is 9.17. The van der Waals surface area contributed by atoms with E-state index in [0.717, 1.165) is 25.1 Å². The SMILES string of the molecule is O=C(COc1ccccc1OCc1ccccc1)NCC1CCCNC1. The molecule has 2 aromatic carbocycles. The van der Waals surface area contributed by atoms with Gasteiger partial charge in [0.25, 0.3) is 5.91 Å². The van der Waals surface area contributed by atoms with Crippen LogP contribution in [0.15, 0.2) is 54.6 Å². The van der Waals surface area contributed by atoms with E-state index in [-0.39, 0.29) is 12.5 Å². The molecule has 1 heterocycles. The summed E-state index contributed by atoms with van der Waals surface area (Å²) in [6.45, 7) is 3.19. The van der Waals surface area contributed by atoms with Gasteiger partial charge in [-0.15, -0.1) is 0 Å². The summed E-state index contributed by atoms with van der Waals surface area (Å²) in [5.74, 6) is 1.63. The summed E-state index contributed by atoms with van der Waals surface area (Å²) in [4.78, 5) is 12.1. The number of ether oxygens (including phenoxy) is 2. The third-order valence-corrected chi connectivity index (χ3v) is 4.43. The number of para-hydroxylation sites is 2. The number of hydrogen-bond acceptors (Lipinski definition) is 4. The molecule has 5 nitrogen and oxygen atoms in total. The van der Waals surface area contributed by atoms with Crippen LogP contribution in [0.2, 0.25) is 0 Å². The Morgan fingerprint density at radius 2 is 1.77 bits per heavy atom. The quantitative estimate of drug-likeness (QED) is 0.765. The van der Waals surface area contributed by atoms with Crippen LogP contribution in [0.1, 0.15) is 18.4 Å². The predicted molar refractivity (Wildman–Crippen MR) is 101 cm³/mol. The van der Waals surface area contributed by atoms with Crippen LogP contribution in [0.25, 0.3) is 0 Å². The number of carbonyl (C=O) groups excluding carboxylic acids is 1. The fraction of sp³-hybridized carbons (Fsp3) is 0.381. The van der Waals surface area contributed by atoms with Crippen LogP contribution in [-0.2, 0) is 11.4 Å². The lowest BCUT2D eigenvalue weighted by Gasteiger charge is -2.22. The molecule has 1 aliphatic heterocycles. The van der Waals surface area contributed by atoms with E-state index in [0.29, 0.717) is 30.6 Å². The number of piperidine rings is 1. The Balaban J connectivity index is 1.45. The Morgan fingerprint density at radius 3 is 2.50 bits per heavy atom. The molecule has 1 atom stereocenters. The molecule has 1 saturated heterocycles. The number of amides is 1. The van der Waals surface area contributed by atoms with Crippen LogP contribution in [0.3, 0.4) is 0 Å². The maximum Gasteiger partial charge on any atom is 0.257 e. The first-order valence-corrected chi connectivity index (χ1v) is 9.17. The number of rotatable bonds is 8. The molecule has 0 spiro atoms. The molecule has 26 heavy (non-hydrogen) atoms. The Bertz CT molecular complexity index is 685. The standard InChI is InChI=1S/C21H26N2O3/c24-21(23-14-18-9-6-12-22-13-18)16-26-20-11-5-4-10-19(20)25-15-17-7-2-1-3-8-17/h1-5,7-8,10-11,18,22H,6,9,12-16H2,(H,23,24). The molecule has 5 heteroatoms. The summed E-state index contributed by atoms with van der Waals surface area (Å²) in [6.07, 6.45) is 2.33. The summed E-state index contributed by atoms with van der Waals surface area (Å²) in [5, 5.41) is 6.31. The van der Waals surface area contributed by atoms with E-state index in [1.807, 2.05) is 54.6 Å². The fourth-order valence-electron chi connectivity index (χ4n) is 2.97. The van der Waals surface area contributed by atoms with Crippen molar-refractivity contribution in [3.8, 4) is 11.5 Å².